The van der Waals surface area contributed by atoms with Crippen LogP contribution in [0.3, 0.4) is 0 Å². The first-order chi connectivity index (χ1) is 34.4. The number of nitrogens with zero attached hydrogens (tertiary/aromatic N) is 8. The number of benzene rings is 4. The zero-order valence-electron chi connectivity index (χ0n) is 41.6. The molecule has 0 aliphatic carbocycles. The number of carbonyl (C=O) groups is 4. The number of aromatic carboxylic acids is 4. The van der Waals surface area contributed by atoms with E-state index in [0.29, 0.717) is 22.3 Å². The molecule has 0 bridgehead atoms. The van der Waals surface area contributed by atoms with Gasteiger partial charge in [-0.05, 0) is 99.9 Å². The van der Waals surface area contributed by atoms with E-state index in [4.69, 9.17) is 20.4 Å². The van der Waals surface area contributed by atoms with Crippen molar-refractivity contribution >= 4 is 23.9 Å². The van der Waals surface area contributed by atoms with E-state index in [1.54, 1.807) is 76.2 Å². The number of aryl methyl sites for hydroxylation is 8. The number of aromatic nitrogens is 8. The largest absolute Gasteiger partial charge is 2.00 e. The molecule has 8 aromatic rings. The third kappa shape index (κ3) is 23.0. The topological polar surface area (TPSA) is 313 Å². The molecule has 74 heavy (non-hydrogen) atoms. The van der Waals surface area contributed by atoms with Gasteiger partial charge in [-0.15, -0.1) is 0 Å². The molecule has 4 aromatic heterocycles. The van der Waals surface area contributed by atoms with E-state index in [0.717, 1.165) is 26.2 Å². The Bertz CT molecular complexity index is 2490. The van der Waals surface area contributed by atoms with Crippen molar-refractivity contribution < 1.29 is 115 Å². The van der Waals surface area contributed by atoms with Crippen LogP contribution >= 0.6 is 0 Å². The third-order valence-corrected chi connectivity index (χ3v) is 10.2. The number of imidazole rings is 4. The van der Waals surface area contributed by atoms with Crippen LogP contribution in [-0.4, -0.2) is 82.5 Å². The SMILES string of the molecule is Cc1cccc(C(=O)[O-])c1O.Cc1cccc(C(=O)[O-])c1O.Cc1cccc(C(=O)[O-])c1O.Cc1cccc(C(=O)[O-])c1O.[Cd+2].[Cd+2].c1cn(CCCCn2ccnc2)cn1.c1cn(CCCCn2ccnc2)cn1. The van der Waals surface area contributed by atoms with Crippen LogP contribution in [0.4, 0.5) is 0 Å². The van der Waals surface area contributed by atoms with Gasteiger partial charge in [0.05, 0.1) is 49.2 Å². The second-order valence-corrected chi connectivity index (χ2v) is 15.7. The van der Waals surface area contributed by atoms with Gasteiger partial charge in [0.2, 0.25) is 0 Å². The van der Waals surface area contributed by atoms with E-state index in [-0.39, 0.29) is 99.8 Å². The maximum atomic E-state index is 10.3. The van der Waals surface area contributed by atoms with Gasteiger partial charge in [-0.25, -0.2) is 19.9 Å². The maximum absolute atomic E-state index is 10.3. The summed E-state index contributed by atoms with van der Waals surface area (Å²) >= 11 is 0. The summed E-state index contributed by atoms with van der Waals surface area (Å²) in [5.41, 5.74) is 1.49. The van der Waals surface area contributed by atoms with E-state index in [1.165, 1.54) is 49.9 Å². The van der Waals surface area contributed by atoms with E-state index in [1.807, 2.05) is 74.9 Å². The number of carbonyl (C=O) groups excluding carboxylic acids is 4. The zero-order valence-corrected chi connectivity index (χ0v) is 49.6. The van der Waals surface area contributed by atoms with Crippen LogP contribution in [0.5, 0.6) is 23.0 Å². The molecule has 0 unspecified atom stereocenters. The fourth-order valence-electron chi connectivity index (χ4n) is 6.15. The minimum atomic E-state index is -1.36. The molecule has 0 fully saturated rings. The van der Waals surface area contributed by atoms with Crippen LogP contribution in [0.1, 0.15) is 89.4 Å². The fraction of sp³-hybridized carbons (Fsp3) is 0.231. The predicted octanol–water partition coefficient (Wildman–Crippen LogP) is 3.37. The van der Waals surface area contributed by atoms with E-state index < -0.39 is 23.9 Å². The van der Waals surface area contributed by atoms with Gasteiger partial charge in [0.1, 0.15) is 23.0 Å². The molecule has 0 aliphatic heterocycles. The Morgan fingerprint density at radius 1 is 0.378 bits per heavy atom. The standard InChI is InChI=1S/2C10H14N4.4C8H8O3.2Cd/c2*1(5-13-7-3-11-9-13)2-6-14-8-4-12-10-14;4*1-5-3-2-4-6(7(5)9)8(10)11;;/h2*3-4,7-10H,1-2,5-6H2;4*2-4,9H,1H3,(H,10,11);;/q;;;;;;2*+2/p-4. The van der Waals surface area contributed by atoms with E-state index >= 15 is 0 Å². The minimum Gasteiger partial charge on any atom is -0.545 e. The molecule has 0 aliphatic rings. The summed E-state index contributed by atoms with van der Waals surface area (Å²) in [4.78, 5) is 57.2. The first kappa shape index (κ1) is 64.7. The average Bonchev–Trinajstić information content (AvgIpc) is 4.22. The maximum Gasteiger partial charge on any atom is 2.00 e. The van der Waals surface area contributed by atoms with Crippen molar-refractivity contribution in [3.63, 3.8) is 0 Å². The molecular formula is C52H56Cd2N8O12. The first-order valence-electron chi connectivity index (χ1n) is 22.2. The first-order valence-corrected chi connectivity index (χ1v) is 22.2. The second-order valence-electron chi connectivity index (χ2n) is 15.7. The summed E-state index contributed by atoms with van der Waals surface area (Å²) in [6.45, 7) is 10.7. The van der Waals surface area contributed by atoms with Crippen molar-refractivity contribution in [1.82, 2.24) is 38.2 Å². The monoisotopic (exact) mass is 1210 g/mol. The Kier molecular flexibility index (Phi) is 30.5. The zero-order chi connectivity index (χ0) is 53.0. The van der Waals surface area contributed by atoms with E-state index in [2.05, 4.69) is 38.2 Å². The number of rotatable bonds is 14. The van der Waals surface area contributed by atoms with Gasteiger partial charge in [-0.1, -0.05) is 48.5 Å². The number of unbranched alkanes of at least 4 members (excludes halogenated alkanes) is 2. The van der Waals surface area contributed by atoms with Crippen molar-refractivity contribution in [3.8, 4) is 23.0 Å². The van der Waals surface area contributed by atoms with Gasteiger partial charge in [0.15, 0.2) is 0 Å². The number of hydrogen-bond acceptors (Lipinski definition) is 16. The Balaban J connectivity index is 0.000000443. The third-order valence-electron chi connectivity index (χ3n) is 10.2. The van der Waals surface area contributed by atoms with Gasteiger partial charge in [0, 0.05) is 98.0 Å². The molecule has 8 rings (SSSR count). The number of hydrogen-bond donors (Lipinski definition) is 4. The molecule has 0 spiro atoms. The molecule has 0 radical (unpaired) electrons. The van der Waals surface area contributed by atoms with Gasteiger partial charge in [0.25, 0.3) is 0 Å². The number of phenols is 4. The molecule has 4 N–H and O–H groups in total. The minimum absolute atomic E-state index is 0. The molecule has 0 atom stereocenters. The number of carboxylic acid groups (broad SMARTS) is 4. The van der Waals surface area contributed by atoms with Crippen LogP contribution in [0.2, 0.25) is 0 Å². The molecule has 4 aromatic carbocycles. The molecule has 0 saturated heterocycles. The Hall–Kier alpha value is -7.36. The summed E-state index contributed by atoms with van der Waals surface area (Å²) in [6, 6.07) is 17.9. The van der Waals surface area contributed by atoms with Gasteiger partial charge in [-0.2, -0.15) is 0 Å². The van der Waals surface area contributed by atoms with Crippen molar-refractivity contribution in [2.24, 2.45) is 0 Å². The van der Waals surface area contributed by atoms with Crippen molar-refractivity contribution in [3.05, 3.63) is 192 Å². The number of carboxylic acids is 4. The Labute approximate surface area is 468 Å². The Morgan fingerprint density at radius 3 is 0.703 bits per heavy atom. The van der Waals surface area contributed by atoms with Crippen LogP contribution in [0.15, 0.2) is 148 Å². The quantitative estimate of drug-likeness (QED) is 0.0896. The molecule has 4 heterocycles. The second kappa shape index (κ2) is 34.9. The van der Waals surface area contributed by atoms with Crippen molar-refractivity contribution in [2.75, 3.05) is 0 Å². The molecule has 0 amide bonds. The molecule has 0 saturated carbocycles. The van der Waals surface area contributed by atoms with Crippen molar-refractivity contribution in [1.29, 1.82) is 0 Å². The smallest absolute Gasteiger partial charge is 0.545 e. The van der Waals surface area contributed by atoms with E-state index in [9.17, 15) is 39.6 Å². The molecular weight excluding hydrogens is 1150 g/mol. The van der Waals surface area contributed by atoms with Crippen molar-refractivity contribution in [2.45, 2.75) is 79.6 Å². The van der Waals surface area contributed by atoms with Crippen LogP contribution in [0.25, 0.3) is 0 Å². The summed E-state index contributed by atoms with van der Waals surface area (Å²) in [6.07, 6.45) is 27.4. The Morgan fingerprint density at radius 2 is 0.568 bits per heavy atom. The van der Waals surface area contributed by atoms with Gasteiger partial charge < -0.3 is 78.3 Å². The fourth-order valence-corrected chi connectivity index (χ4v) is 6.15. The summed E-state index contributed by atoms with van der Waals surface area (Å²) in [5, 5.41) is 77.8. The molecule has 20 nitrogen and oxygen atoms in total. The van der Waals surface area contributed by atoms with Crippen LogP contribution in [-0.2, 0) is 80.8 Å². The predicted molar refractivity (Wildman–Crippen MR) is 256 cm³/mol. The normalized spacial score (nSPS) is 9.68. The summed E-state index contributed by atoms with van der Waals surface area (Å²) < 4.78 is 8.42. The summed E-state index contributed by atoms with van der Waals surface area (Å²) in [5.74, 6) is -6.28. The molecule has 380 valence electrons. The van der Waals surface area contributed by atoms with Crippen LogP contribution < -0.4 is 20.4 Å². The molecule has 22 heteroatoms. The number of para-hydroxylation sites is 4. The van der Waals surface area contributed by atoms with Gasteiger partial charge >= 0.3 is 54.6 Å². The number of aromatic hydroxyl groups is 4. The summed E-state index contributed by atoms with van der Waals surface area (Å²) in [7, 11) is 0. The van der Waals surface area contributed by atoms with Gasteiger partial charge in [-0.3, -0.25) is 0 Å². The average molecular weight is 1210 g/mol. The van der Waals surface area contributed by atoms with Crippen LogP contribution in [0, 0.1) is 27.7 Å².